The minimum Gasteiger partial charge on any atom is -0.387 e. The van der Waals surface area contributed by atoms with Crippen molar-refractivity contribution in [1.29, 1.82) is 0 Å². The van der Waals surface area contributed by atoms with E-state index in [1.54, 1.807) is 0 Å². The standard InChI is InChI=1S/C16H27BrN2O/c1-12(2)8-15(11-19(3)4)18-10-16(20)13-6-5-7-14(17)9-13/h5-7,9,12,15-16,18,20H,8,10-11H2,1-4H3. The Hall–Kier alpha value is -0.420. The number of rotatable bonds is 8. The van der Waals surface area contributed by atoms with Crippen LogP contribution in [0.15, 0.2) is 28.7 Å². The Balaban J connectivity index is 2.53. The fourth-order valence-corrected chi connectivity index (χ4v) is 2.76. The minimum atomic E-state index is -0.468. The Morgan fingerprint density at radius 2 is 2.00 bits per heavy atom. The van der Waals surface area contributed by atoms with Crippen LogP contribution >= 0.6 is 15.9 Å². The topological polar surface area (TPSA) is 35.5 Å². The van der Waals surface area contributed by atoms with Gasteiger partial charge in [0.25, 0.3) is 0 Å². The maximum Gasteiger partial charge on any atom is 0.0914 e. The molecule has 0 radical (unpaired) electrons. The summed E-state index contributed by atoms with van der Waals surface area (Å²) in [5.74, 6) is 0.649. The maximum absolute atomic E-state index is 10.3. The highest BCUT2D eigenvalue weighted by atomic mass is 79.9. The Morgan fingerprint density at radius 3 is 2.55 bits per heavy atom. The Kier molecular flexibility index (Phi) is 7.74. The van der Waals surface area contributed by atoms with Gasteiger partial charge in [-0.25, -0.2) is 0 Å². The van der Waals surface area contributed by atoms with E-state index in [1.165, 1.54) is 0 Å². The van der Waals surface area contributed by atoms with Gasteiger partial charge in [-0.2, -0.15) is 0 Å². The molecule has 1 aromatic carbocycles. The smallest absolute Gasteiger partial charge is 0.0914 e. The molecular weight excluding hydrogens is 316 g/mol. The maximum atomic E-state index is 10.3. The lowest BCUT2D eigenvalue weighted by atomic mass is 10.0. The summed E-state index contributed by atoms with van der Waals surface area (Å²) >= 11 is 3.44. The molecule has 0 saturated carbocycles. The molecule has 2 N–H and O–H groups in total. The number of likely N-dealkylation sites (N-methyl/N-ethyl adjacent to an activating group) is 1. The summed E-state index contributed by atoms with van der Waals surface area (Å²) in [7, 11) is 4.17. The summed E-state index contributed by atoms with van der Waals surface area (Å²) in [6.45, 7) is 6.04. The first-order valence-electron chi connectivity index (χ1n) is 7.20. The van der Waals surface area contributed by atoms with E-state index in [0.717, 1.165) is 23.0 Å². The zero-order chi connectivity index (χ0) is 15.1. The SMILES string of the molecule is CC(C)CC(CN(C)C)NCC(O)c1cccc(Br)c1. The van der Waals surface area contributed by atoms with Gasteiger partial charge in [-0.15, -0.1) is 0 Å². The average Bonchev–Trinajstić information content (AvgIpc) is 2.34. The van der Waals surface area contributed by atoms with Crippen LogP contribution in [0.4, 0.5) is 0 Å². The predicted molar refractivity (Wildman–Crippen MR) is 88.9 cm³/mol. The van der Waals surface area contributed by atoms with Crippen LogP contribution in [0.2, 0.25) is 0 Å². The second kappa shape index (κ2) is 8.78. The molecule has 0 aromatic heterocycles. The zero-order valence-electron chi connectivity index (χ0n) is 12.9. The number of benzene rings is 1. The molecule has 0 heterocycles. The van der Waals surface area contributed by atoms with E-state index < -0.39 is 6.10 Å². The second-order valence-corrected chi connectivity index (χ2v) is 6.98. The summed E-state index contributed by atoms with van der Waals surface area (Å²) in [6, 6.07) is 8.26. The molecular formula is C16H27BrN2O. The fourth-order valence-electron chi connectivity index (χ4n) is 2.34. The van der Waals surface area contributed by atoms with Gasteiger partial charge in [0.15, 0.2) is 0 Å². The van der Waals surface area contributed by atoms with Gasteiger partial charge in [-0.05, 0) is 44.1 Å². The molecule has 2 unspecified atom stereocenters. The van der Waals surface area contributed by atoms with Crippen LogP contribution in [0, 0.1) is 5.92 Å². The molecule has 0 aliphatic heterocycles. The highest BCUT2D eigenvalue weighted by Crippen LogP contribution is 2.18. The highest BCUT2D eigenvalue weighted by molar-refractivity contribution is 9.10. The van der Waals surface area contributed by atoms with E-state index >= 15 is 0 Å². The summed E-state index contributed by atoms with van der Waals surface area (Å²) in [4.78, 5) is 2.19. The largest absolute Gasteiger partial charge is 0.387 e. The van der Waals surface area contributed by atoms with Gasteiger partial charge in [0.05, 0.1) is 6.10 Å². The van der Waals surface area contributed by atoms with Crippen molar-refractivity contribution >= 4 is 15.9 Å². The van der Waals surface area contributed by atoms with Crippen molar-refractivity contribution in [3.63, 3.8) is 0 Å². The molecule has 0 bridgehead atoms. The van der Waals surface area contributed by atoms with E-state index in [2.05, 4.69) is 54.1 Å². The lowest BCUT2D eigenvalue weighted by Crippen LogP contribution is -2.41. The number of nitrogens with zero attached hydrogens (tertiary/aromatic N) is 1. The van der Waals surface area contributed by atoms with Crippen molar-refractivity contribution in [2.75, 3.05) is 27.2 Å². The van der Waals surface area contributed by atoms with Crippen LogP contribution in [-0.2, 0) is 0 Å². The molecule has 0 amide bonds. The fraction of sp³-hybridized carbons (Fsp3) is 0.625. The van der Waals surface area contributed by atoms with Crippen molar-refractivity contribution in [3.05, 3.63) is 34.3 Å². The molecule has 0 aliphatic carbocycles. The van der Waals surface area contributed by atoms with Crippen LogP contribution in [0.5, 0.6) is 0 Å². The summed E-state index contributed by atoms with van der Waals surface area (Å²) in [6.07, 6.45) is 0.646. The molecule has 114 valence electrons. The molecule has 0 fully saturated rings. The quantitative estimate of drug-likeness (QED) is 0.762. The predicted octanol–water partition coefficient (Wildman–Crippen LogP) is 3.05. The van der Waals surface area contributed by atoms with Crippen molar-refractivity contribution in [2.45, 2.75) is 32.4 Å². The number of hydrogen-bond acceptors (Lipinski definition) is 3. The van der Waals surface area contributed by atoms with Crippen LogP contribution in [0.25, 0.3) is 0 Å². The minimum absolute atomic E-state index is 0.409. The Bertz CT molecular complexity index is 386. The molecule has 4 heteroatoms. The number of hydrogen-bond donors (Lipinski definition) is 2. The van der Waals surface area contributed by atoms with Crippen molar-refractivity contribution in [2.24, 2.45) is 5.92 Å². The number of aliphatic hydroxyl groups excluding tert-OH is 1. The van der Waals surface area contributed by atoms with Gasteiger partial charge in [0, 0.05) is 23.6 Å². The van der Waals surface area contributed by atoms with E-state index in [-0.39, 0.29) is 0 Å². The van der Waals surface area contributed by atoms with Crippen molar-refractivity contribution < 1.29 is 5.11 Å². The van der Waals surface area contributed by atoms with Gasteiger partial charge in [-0.1, -0.05) is 41.9 Å². The lowest BCUT2D eigenvalue weighted by molar-refractivity contribution is 0.163. The monoisotopic (exact) mass is 342 g/mol. The van der Waals surface area contributed by atoms with E-state index in [0.29, 0.717) is 18.5 Å². The third kappa shape index (κ3) is 6.84. The Morgan fingerprint density at radius 1 is 1.30 bits per heavy atom. The summed E-state index contributed by atoms with van der Waals surface area (Å²) < 4.78 is 1.00. The third-order valence-corrected chi connectivity index (χ3v) is 3.67. The molecule has 0 aliphatic rings. The number of halogens is 1. The first-order chi connectivity index (χ1) is 9.38. The highest BCUT2D eigenvalue weighted by Gasteiger charge is 2.14. The zero-order valence-corrected chi connectivity index (χ0v) is 14.5. The van der Waals surface area contributed by atoms with Crippen LogP contribution in [-0.4, -0.2) is 43.2 Å². The summed E-state index contributed by atoms with van der Waals surface area (Å²) in [5.41, 5.74) is 0.944. The second-order valence-electron chi connectivity index (χ2n) is 6.07. The van der Waals surface area contributed by atoms with Gasteiger partial charge >= 0.3 is 0 Å². The van der Waals surface area contributed by atoms with E-state index in [9.17, 15) is 5.11 Å². The average molecular weight is 343 g/mol. The normalized spacial score (nSPS) is 14.8. The van der Waals surface area contributed by atoms with Gasteiger partial charge in [0.2, 0.25) is 0 Å². The molecule has 0 saturated heterocycles. The third-order valence-electron chi connectivity index (χ3n) is 3.17. The molecule has 20 heavy (non-hydrogen) atoms. The van der Waals surface area contributed by atoms with Gasteiger partial charge in [0.1, 0.15) is 0 Å². The lowest BCUT2D eigenvalue weighted by Gasteiger charge is -2.25. The first-order valence-corrected chi connectivity index (χ1v) is 7.99. The summed E-state index contributed by atoms with van der Waals surface area (Å²) in [5, 5.41) is 13.8. The van der Waals surface area contributed by atoms with Crippen molar-refractivity contribution in [1.82, 2.24) is 10.2 Å². The van der Waals surface area contributed by atoms with Gasteiger partial charge in [-0.3, -0.25) is 0 Å². The molecule has 3 nitrogen and oxygen atoms in total. The van der Waals surface area contributed by atoms with Gasteiger partial charge < -0.3 is 15.3 Å². The van der Waals surface area contributed by atoms with Crippen LogP contribution < -0.4 is 5.32 Å². The van der Waals surface area contributed by atoms with Crippen molar-refractivity contribution in [3.8, 4) is 0 Å². The molecule has 1 aromatic rings. The van der Waals surface area contributed by atoms with Crippen LogP contribution in [0.3, 0.4) is 0 Å². The van der Waals surface area contributed by atoms with E-state index in [1.807, 2.05) is 24.3 Å². The molecule has 2 atom stereocenters. The number of aliphatic hydroxyl groups is 1. The molecule has 1 rings (SSSR count). The van der Waals surface area contributed by atoms with E-state index in [4.69, 9.17) is 0 Å². The van der Waals surface area contributed by atoms with Crippen LogP contribution in [0.1, 0.15) is 31.9 Å². The molecule has 0 spiro atoms. The number of nitrogens with one attached hydrogen (secondary N) is 1. The first kappa shape index (κ1) is 17.6. The Labute approximate surface area is 131 Å².